The number of rotatable bonds is 4. The minimum absolute atomic E-state index is 0.0388. The van der Waals surface area contributed by atoms with Gasteiger partial charge in [-0.1, -0.05) is 18.2 Å². The molecule has 1 aromatic carbocycles. The number of halogens is 2. The van der Waals surface area contributed by atoms with Crippen molar-refractivity contribution < 1.29 is 18.3 Å². The lowest BCUT2D eigenvalue weighted by Crippen LogP contribution is -2.32. The van der Waals surface area contributed by atoms with E-state index in [2.05, 4.69) is 4.74 Å². The molecular weight excluding hydrogens is 216 g/mol. The van der Waals surface area contributed by atoms with E-state index in [0.717, 1.165) is 6.07 Å². The second kappa shape index (κ2) is 5.55. The predicted octanol–water partition coefficient (Wildman–Crippen LogP) is 1.73. The zero-order valence-electron chi connectivity index (χ0n) is 8.82. The Hall–Kier alpha value is -1.49. The van der Waals surface area contributed by atoms with Crippen LogP contribution < -0.4 is 5.73 Å². The van der Waals surface area contributed by atoms with Crippen LogP contribution >= 0.6 is 0 Å². The van der Waals surface area contributed by atoms with Crippen LogP contribution in [0.1, 0.15) is 18.5 Å². The summed E-state index contributed by atoms with van der Waals surface area (Å²) in [5, 5.41) is 0. The number of nitrogens with two attached hydrogens (primary N) is 1. The van der Waals surface area contributed by atoms with Crippen molar-refractivity contribution in [3.05, 3.63) is 35.6 Å². The van der Waals surface area contributed by atoms with E-state index in [1.807, 2.05) is 0 Å². The molecule has 88 valence electrons. The summed E-state index contributed by atoms with van der Waals surface area (Å²) in [6, 6.07) is 4.14. The van der Waals surface area contributed by atoms with Crippen molar-refractivity contribution in [2.45, 2.75) is 19.1 Å². The van der Waals surface area contributed by atoms with Gasteiger partial charge in [-0.25, -0.2) is 13.6 Å². The van der Waals surface area contributed by atoms with E-state index >= 15 is 0 Å². The van der Waals surface area contributed by atoms with E-state index in [1.54, 1.807) is 6.92 Å². The number of carbonyl (C=O) groups excluding carboxylic acids is 1. The Morgan fingerprint density at radius 2 is 2.12 bits per heavy atom. The van der Waals surface area contributed by atoms with Gasteiger partial charge in [-0.15, -0.1) is 0 Å². The number of carbonyl (C=O) groups is 1. The maximum Gasteiger partial charge on any atom is 0.342 e. The summed E-state index contributed by atoms with van der Waals surface area (Å²) in [5.74, 6) is -1.71. The first-order valence-corrected chi connectivity index (χ1v) is 4.88. The predicted molar refractivity (Wildman–Crippen MR) is 54.9 cm³/mol. The third-order valence-electron chi connectivity index (χ3n) is 2.09. The van der Waals surface area contributed by atoms with Crippen molar-refractivity contribution in [2.75, 3.05) is 6.61 Å². The number of alkyl halides is 1. The van der Waals surface area contributed by atoms with Crippen LogP contribution in [0.15, 0.2) is 24.3 Å². The van der Waals surface area contributed by atoms with Gasteiger partial charge in [0.1, 0.15) is 5.82 Å². The average Bonchev–Trinajstić information content (AvgIpc) is 2.28. The highest BCUT2D eigenvalue weighted by Crippen LogP contribution is 2.20. The lowest BCUT2D eigenvalue weighted by molar-refractivity contribution is -0.149. The molecule has 0 aliphatic heterocycles. The van der Waals surface area contributed by atoms with Crippen molar-refractivity contribution in [1.29, 1.82) is 0 Å². The fourth-order valence-electron chi connectivity index (χ4n) is 1.27. The maximum atomic E-state index is 13.5. The van der Waals surface area contributed by atoms with Gasteiger partial charge < -0.3 is 10.5 Å². The largest absolute Gasteiger partial charge is 0.464 e. The summed E-state index contributed by atoms with van der Waals surface area (Å²) >= 11 is 0. The minimum Gasteiger partial charge on any atom is -0.464 e. The second-order valence-corrected chi connectivity index (χ2v) is 3.20. The Bertz CT molecular complexity index is 371. The lowest BCUT2D eigenvalue weighted by atomic mass is 10.0. The van der Waals surface area contributed by atoms with Gasteiger partial charge in [0.2, 0.25) is 6.17 Å². The zero-order valence-corrected chi connectivity index (χ0v) is 8.82. The van der Waals surface area contributed by atoms with Gasteiger partial charge in [0, 0.05) is 5.56 Å². The third kappa shape index (κ3) is 2.76. The highest BCUT2D eigenvalue weighted by Gasteiger charge is 2.29. The molecular formula is C11H13F2NO2. The highest BCUT2D eigenvalue weighted by atomic mass is 19.1. The van der Waals surface area contributed by atoms with Gasteiger partial charge in [0.15, 0.2) is 0 Å². The van der Waals surface area contributed by atoms with E-state index in [4.69, 9.17) is 5.73 Å². The molecule has 2 N–H and O–H groups in total. The molecule has 0 heterocycles. The monoisotopic (exact) mass is 229 g/mol. The van der Waals surface area contributed by atoms with E-state index in [0.29, 0.717) is 0 Å². The van der Waals surface area contributed by atoms with Crippen LogP contribution in [-0.4, -0.2) is 18.7 Å². The van der Waals surface area contributed by atoms with Crippen LogP contribution in [0.25, 0.3) is 0 Å². The quantitative estimate of drug-likeness (QED) is 0.800. The van der Waals surface area contributed by atoms with Crippen LogP contribution in [0.5, 0.6) is 0 Å². The SMILES string of the molecule is CCOC(=O)C(F)[C@@H](N)c1ccccc1F. The van der Waals surface area contributed by atoms with E-state index in [1.165, 1.54) is 18.2 Å². The molecule has 0 saturated heterocycles. The summed E-state index contributed by atoms with van der Waals surface area (Å²) in [6.07, 6.45) is -2.06. The van der Waals surface area contributed by atoms with Crippen LogP contribution in [0.4, 0.5) is 8.78 Å². The van der Waals surface area contributed by atoms with Crippen LogP contribution in [-0.2, 0) is 9.53 Å². The molecule has 1 rings (SSSR count). The minimum atomic E-state index is -2.06. The Labute approximate surface area is 92.2 Å². The topological polar surface area (TPSA) is 52.3 Å². The number of hydrogen-bond donors (Lipinski definition) is 1. The van der Waals surface area contributed by atoms with Crippen molar-refractivity contribution in [2.24, 2.45) is 5.73 Å². The molecule has 0 spiro atoms. The molecule has 1 aromatic rings. The Morgan fingerprint density at radius 1 is 1.50 bits per heavy atom. The number of benzene rings is 1. The maximum absolute atomic E-state index is 13.5. The van der Waals surface area contributed by atoms with Crippen LogP contribution in [0.3, 0.4) is 0 Å². The molecule has 5 heteroatoms. The Morgan fingerprint density at radius 3 is 2.69 bits per heavy atom. The second-order valence-electron chi connectivity index (χ2n) is 3.20. The van der Waals surface area contributed by atoms with Gasteiger partial charge in [0.25, 0.3) is 0 Å². The van der Waals surface area contributed by atoms with Crippen molar-refractivity contribution >= 4 is 5.97 Å². The molecule has 0 bridgehead atoms. The Balaban J connectivity index is 2.82. The average molecular weight is 229 g/mol. The third-order valence-corrected chi connectivity index (χ3v) is 2.09. The van der Waals surface area contributed by atoms with E-state index in [9.17, 15) is 13.6 Å². The van der Waals surface area contributed by atoms with Gasteiger partial charge in [-0.05, 0) is 13.0 Å². The molecule has 16 heavy (non-hydrogen) atoms. The van der Waals surface area contributed by atoms with Crippen molar-refractivity contribution in [1.82, 2.24) is 0 Å². The molecule has 0 aromatic heterocycles. The Kier molecular flexibility index (Phi) is 4.37. The molecule has 0 saturated carbocycles. The molecule has 0 fully saturated rings. The molecule has 0 aliphatic carbocycles. The lowest BCUT2D eigenvalue weighted by Gasteiger charge is -2.16. The van der Waals surface area contributed by atoms with Crippen LogP contribution in [0, 0.1) is 5.82 Å². The number of hydrogen-bond acceptors (Lipinski definition) is 3. The van der Waals surface area contributed by atoms with Gasteiger partial charge in [-0.2, -0.15) is 0 Å². The summed E-state index contributed by atoms with van der Waals surface area (Å²) in [4.78, 5) is 11.1. The normalized spacial score (nSPS) is 14.2. The smallest absolute Gasteiger partial charge is 0.342 e. The van der Waals surface area contributed by atoms with E-state index in [-0.39, 0.29) is 12.2 Å². The fraction of sp³-hybridized carbons (Fsp3) is 0.364. The van der Waals surface area contributed by atoms with Crippen molar-refractivity contribution in [3.63, 3.8) is 0 Å². The summed E-state index contributed by atoms with van der Waals surface area (Å²) in [7, 11) is 0. The fourth-order valence-corrected chi connectivity index (χ4v) is 1.27. The summed E-state index contributed by atoms with van der Waals surface area (Å²) in [6.45, 7) is 1.61. The van der Waals surface area contributed by atoms with Gasteiger partial charge >= 0.3 is 5.97 Å². The zero-order chi connectivity index (χ0) is 12.1. The molecule has 0 radical (unpaired) electrons. The molecule has 2 atom stereocenters. The summed E-state index contributed by atoms with van der Waals surface area (Å²) in [5.41, 5.74) is 5.42. The van der Waals surface area contributed by atoms with Gasteiger partial charge in [-0.3, -0.25) is 0 Å². The van der Waals surface area contributed by atoms with Crippen LogP contribution in [0.2, 0.25) is 0 Å². The van der Waals surface area contributed by atoms with E-state index < -0.39 is 24.0 Å². The first kappa shape index (κ1) is 12.6. The number of esters is 1. The summed E-state index contributed by atoms with van der Waals surface area (Å²) < 4.78 is 31.2. The first-order chi connectivity index (χ1) is 7.57. The highest BCUT2D eigenvalue weighted by molar-refractivity contribution is 5.75. The standard InChI is InChI=1S/C11H13F2NO2/c1-2-16-11(15)9(13)10(14)7-5-3-4-6-8(7)12/h3-6,9-10H,2,14H2,1H3/t9?,10-/m0/s1. The first-order valence-electron chi connectivity index (χ1n) is 4.88. The molecule has 0 aliphatic rings. The molecule has 0 amide bonds. The molecule has 3 nitrogen and oxygen atoms in total. The number of ether oxygens (including phenoxy) is 1. The molecule has 1 unspecified atom stereocenters. The van der Waals surface area contributed by atoms with Crippen molar-refractivity contribution in [3.8, 4) is 0 Å². The van der Waals surface area contributed by atoms with Gasteiger partial charge in [0.05, 0.1) is 12.6 Å².